The largest absolute Gasteiger partial charge is 0.480 e. The second-order valence-electron chi connectivity index (χ2n) is 6.90. The minimum absolute atomic E-state index is 0.378. The molecule has 7 nitrogen and oxygen atoms in total. The van der Waals surface area contributed by atoms with E-state index >= 15 is 0 Å². The van der Waals surface area contributed by atoms with Crippen LogP contribution in [0.2, 0.25) is 0 Å². The molecule has 0 aromatic carbocycles. The van der Waals surface area contributed by atoms with Crippen molar-refractivity contribution in [3.63, 3.8) is 0 Å². The van der Waals surface area contributed by atoms with E-state index in [0.717, 1.165) is 12.0 Å². The summed E-state index contributed by atoms with van der Waals surface area (Å²) in [5, 5.41) is 14.0. The smallest absolute Gasteiger partial charge is 0.327 e. The third kappa shape index (κ3) is 3.11. The van der Waals surface area contributed by atoms with Crippen LogP contribution >= 0.6 is 24.0 Å². The van der Waals surface area contributed by atoms with Crippen LogP contribution in [-0.2, 0) is 14.4 Å². The molecule has 9 heteroatoms. The molecule has 0 aromatic rings. The van der Waals surface area contributed by atoms with Crippen molar-refractivity contribution in [2.24, 2.45) is 4.99 Å². The van der Waals surface area contributed by atoms with E-state index in [1.54, 1.807) is 13.8 Å². The van der Waals surface area contributed by atoms with Gasteiger partial charge in [-0.2, -0.15) is 0 Å². The summed E-state index contributed by atoms with van der Waals surface area (Å²) in [4.78, 5) is 42.0. The number of β-lactam (4-membered cyclic amide) rings is 1. The molecule has 2 fully saturated rings. The van der Waals surface area contributed by atoms with Gasteiger partial charge in [0.25, 0.3) is 5.91 Å². The highest BCUT2D eigenvalue weighted by Crippen LogP contribution is 2.50. The number of hydrogen-bond acceptors (Lipinski definition) is 6. The van der Waals surface area contributed by atoms with Crippen molar-refractivity contribution in [1.29, 1.82) is 0 Å². The molecule has 4 atom stereocenters. The summed E-state index contributed by atoms with van der Waals surface area (Å²) in [6.07, 6.45) is 7.18. The van der Waals surface area contributed by atoms with Crippen LogP contribution in [0.5, 0.6) is 0 Å². The highest BCUT2D eigenvalue weighted by molar-refractivity contribution is 8.01. The summed E-state index contributed by atoms with van der Waals surface area (Å²) >= 11 is 6.04. The number of thiocarbonyl (C=S) groups is 1. The fourth-order valence-corrected chi connectivity index (χ4v) is 5.31. The maximum absolute atomic E-state index is 12.7. The first-order valence-corrected chi connectivity index (χ1v) is 9.51. The maximum atomic E-state index is 12.7. The lowest BCUT2D eigenvalue weighted by Gasteiger charge is -2.43. The first kappa shape index (κ1) is 18.8. The number of amides is 2. The fraction of sp³-hybridized carbons (Fsp3) is 0.529. The second-order valence-corrected chi connectivity index (χ2v) is 8.85. The monoisotopic (exact) mass is 393 g/mol. The Morgan fingerprint density at radius 2 is 2.23 bits per heavy atom. The Morgan fingerprint density at radius 1 is 1.50 bits per heavy atom. The topological polar surface area (TPSA) is 99.1 Å². The highest BCUT2D eigenvalue weighted by atomic mass is 32.2. The van der Waals surface area contributed by atoms with Gasteiger partial charge in [-0.25, -0.2) is 9.79 Å². The van der Waals surface area contributed by atoms with Crippen molar-refractivity contribution < 1.29 is 19.5 Å². The Hall–Kier alpha value is -1.96. The van der Waals surface area contributed by atoms with Gasteiger partial charge in [0.2, 0.25) is 5.91 Å². The van der Waals surface area contributed by atoms with Crippen molar-refractivity contribution in [2.45, 2.75) is 54.9 Å². The van der Waals surface area contributed by atoms with E-state index in [1.165, 1.54) is 16.7 Å². The minimum atomic E-state index is -1.04. The van der Waals surface area contributed by atoms with Crippen molar-refractivity contribution in [1.82, 2.24) is 10.2 Å². The molecule has 0 spiro atoms. The lowest BCUT2D eigenvalue weighted by atomic mass is 9.95. The summed E-state index contributed by atoms with van der Waals surface area (Å²) < 4.78 is -0.631. The Balaban J connectivity index is 1.74. The number of thioether (sulfide) groups is 1. The molecule has 2 unspecified atom stereocenters. The number of aliphatic imine (C=N–C) groups is 1. The summed E-state index contributed by atoms with van der Waals surface area (Å²) in [5.74, 6) is -1.83. The van der Waals surface area contributed by atoms with Crippen LogP contribution in [-0.4, -0.2) is 61.2 Å². The van der Waals surface area contributed by atoms with Crippen LogP contribution in [0.25, 0.3) is 0 Å². The zero-order valence-electron chi connectivity index (χ0n) is 14.3. The van der Waals surface area contributed by atoms with Gasteiger partial charge in [-0.3, -0.25) is 9.59 Å². The molecule has 2 saturated heterocycles. The summed E-state index contributed by atoms with van der Waals surface area (Å²) in [5.41, 5.74) is 0.814. The fourth-order valence-electron chi connectivity index (χ4n) is 3.58. The van der Waals surface area contributed by atoms with Gasteiger partial charge in [0, 0.05) is 4.75 Å². The molecule has 2 heterocycles. The van der Waals surface area contributed by atoms with Gasteiger partial charge in [0.15, 0.2) is 6.04 Å². The molecule has 0 radical (unpaired) electrons. The Morgan fingerprint density at radius 3 is 2.81 bits per heavy atom. The van der Waals surface area contributed by atoms with E-state index < -0.39 is 34.7 Å². The van der Waals surface area contributed by atoms with Crippen LogP contribution in [0.1, 0.15) is 26.7 Å². The lowest BCUT2D eigenvalue weighted by Crippen LogP contribution is -2.71. The van der Waals surface area contributed by atoms with Gasteiger partial charge >= 0.3 is 5.97 Å². The summed E-state index contributed by atoms with van der Waals surface area (Å²) in [6.45, 7) is 3.58. The Bertz CT molecular complexity index is 770. The van der Waals surface area contributed by atoms with Crippen molar-refractivity contribution in [3.05, 3.63) is 23.8 Å². The van der Waals surface area contributed by atoms with E-state index in [2.05, 4.69) is 27.7 Å². The average Bonchev–Trinajstić information content (AvgIpc) is 2.86. The Kier molecular flexibility index (Phi) is 5.05. The Labute approximate surface area is 160 Å². The van der Waals surface area contributed by atoms with Crippen molar-refractivity contribution in [3.8, 4) is 0 Å². The number of allylic oxidation sites excluding steroid dienone is 3. The third-order valence-electron chi connectivity index (χ3n) is 4.79. The first-order valence-electron chi connectivity index (χ1n) is 8.22. The molecule has 3 aliphatic rings. The van der Waals surface area contributed by atoms with E-state index in [9.17, 15) is 19.5 Å². The van der Waals surface area contributed by atoms with Gasteiger partial charge < -0.3 is 15.3 Å². The average molecular weight is 393 g/mol. The van der Waals surface area contributed by atoms with E-state index in [-0.39, 0.29) is 11.3 Å². The van der Waals surface area contributed by atoms with Gasteiger partial charge in [0.05, 0.1) is 5.16 Å². The number of nitrogens with one attached hydrogen (secondary N) is 1. The van der Waals surface area contributed by atoms with Crippen LogP contribution in [0.3, 0.4) is 0 Å². The van der Waals surface area contributed by atoms with Crippen molar-refractivity contribution >= 4 is 46.9 Å². The van der Waals surface area contributed by atoms with Gasteiger partial charge in [-0.15, -0.1) is 11.8 Å². The molecule has 2 aliphatic heterocycles. The predicted octanol–water partition coefficient (Wildman–Crippen LogP) is 1.37. The molecule has 0 bridgehead atoms. The number of aliphatic carboxylic acids is 1. The number of carboxylic acids is 1. The number of nitrogens with zero attached hydrogens (tertiary/aromatic N) is 2. The second kappa shape index (κ2) is 6.98. The van der Waals surface area contributed by atoms with Gasteiger partial charge in [-0.05, 0) is 44.5 Å². The van der Waals surface area contributed by atoms with Crippen molar-refractivity contribution in [2.75, 3.05) is 0 Å². The van der Waals surface area contributed by atoms with Gasteiger partial charge in [-0.1, -0.05) is 18.2 Å². The number of hydrogen-bond donors (Lipinski definition) is 2. The van der Waals surface area contributed by atoms with Gasteiger partial charge in [0.1, 0.15) is 17.5 Å². The number of carbonyl (C=O) groups excluding carboxylic acids is 2. The molecule has 0 saturated carbocycles. The lowest BCUT2D eigenvalue weighted by molar-refractivity contribution is -0.161. The van der Waals surface area contributed by atoms with Crippen LogP contribution < -0.4 is 5.32 Å². The number of carboxylic acid groups (broad SMARTS) is 1. The van der Waals surface area contributed by atoms with Crippen LogP contribution in [0.15, 0.2) is 28.8 Å². The zero-order valence-corrected chi connectivity index (χ0v) is 16.0. The molecule has 3 rings (SSSR count). The molecule has 0 aromatic heterocycles. The van der Waals surface area contributed by atoms with E-state index in [0.29, 0.717) is 6.42 Å². The molecule has 2 N–H and O–H groups in total. The molecule has 26 heavy (non-hydrogen) atoms. The maximum Gasteiger partial charge on any atom is 0.327 e. The molecular formula is C17H19N3O4S2. The number of carbonyl (C=O) groups is 3. The number of rotatable bonds is 5. The SMILES string of the molecule is CC1(C)S[C@@H]2C(NC(=O)C(N=C=S)C3=CCC=CC3)C(=O)N2[C@H]1C(=O)O. The molecular weight excluding hydrogens is 374 g/mol. The quantitative estimate of drug-likeness (QED) is 0.317. The third-order valence-corrected chi connectivity index (χ3v) is 6.47. The predicted molar refractivity (Wildman–Crippen MR) is 101 cm³/mol. The molecule has 1 aliphatic carbocycles. The summed E-state index contributed by atoms with van der Waals surface area (Å²) in [7, 11) is 0. The standard InChI is InChI=1S/C17H19N3O4S2/c1-17(2)12(16(23)24)20-14(22)11(15(20)26-17)19-13(21)10(18-8-25)9-6-4-3-5-7-9/h3-4,7,10-12,15H,5-6H2,1-2H3,(H,19,21)(H,23,24)/t10?,11?,12-,15+/m0/s1. The zero-order chi connectivity index (χ0) is 19.1. The molecule has 138 valence electrons. The van der Waals surface area contributed by atoms with E-state index in [1.807, 2.05) is 18.2 Å². The van der Waals surface area contributed by atoms with Crippen LogP contribution in [0.4, 0.5) is 0 Å². The molecule has 2 amide bonds. The highest BCUT2D eigenvalue weighted by Gasteiger charge is 2.64. The normalized spacial score (nSPS) is 29.8. The number of fused-ring (bicyclic) bond motifs is 1. The first-order chi connectivity index (χ1) is 12.3. The minimum Gasteiger partial charge on any atom is -0.480 e. The van der Waals surface area contributed by atoms with Crippen LogP contribution in [0, 0.1) is 0 Å². The number of isothiocyanates is 1. The summed E-state index contributed by atoms with van der Waals surface area (Å²) in [6, 6.07) is -2.47. The van der Waals surface area contributed by atoms with E-state index in [4.69, 9.17) is 0 Å².